The number of anilines is 2. The second-order valence-corrected chi connectivity index (χ2v) is 5.32. The van der Waals surface area contributed by atoms with Crippen molar-refractivity contribution in [2.24, 2.45) is 0 Å². The van der Waals surface area contributed by atoms with Crippen LogP contribution in [-0.4, -0.2) is 27.4 Å². The van der Waals surface area contributed by atoms with Crippen molar-refractivity contribution in [3.05, 3.63) is 66.4 Å². The molecule has 10 heteroatoms. The van der Waals surface area contributed by atoms with Gasteiger partial charge in [0, 0.05) is 24.5 Å². The van der Waals surface area contributed by atoms with Gasteiger partial charge in [0.2, 0.25) is 0 Å². The van der Waals surface area contributed by atoms with Crippen LogP contribution in [0.1, 0.15) is 5.69 Å². The number of halogens is 3. The van der Waals surface area contributed by atoms with E-state index in [1.54, 1.807) is 29.2 Å². The molecule has 0 aliphatic rings. The first-order valence-electron chi connectivity index (χ1n) is 7.75. The number of benzene rings is 1. The molecule has 7 nitrogen and oxygen atoms in total. The first-order valence-corrected chi connectivity index (χ1v) is 7.75. The number of nitrogens with one attached hydrogen (secondary N) is 2. The molecule has 0 aliphatic carbocycles. The van der Waals surface area contributed by atoms with Crippen LogP contribution in [0.25, 0.3) is 0 Å². The Balaban J connectivity index is 1.64. The highest BCUT2D eigenvalue weighted by Crippen LogP contribution is 2.27. The fraction of sp³-hybridized carbons (Fsp3) is 0.118. The van der Waals surface area contributed by atoms with E-state index in [0.29, 0.717) is 6.54 Å². The maximum Gasteiger partial charge on any atom is 0.387 e. The number of ether oxygens (including phenoxy) is 1. The van der Waals surface area contributed by atoms with Gasteiger partial charge in [-0.25, -0.2) is 9.18 Å². The highest BCUT2D eigenvalue weighted by molar-refractivity contribution is 6.00. The summed E-state index contributed by atoms with van der Waals surface area (Å²) in [4.78, 5) is 16.2. The summed E-state index contributed by atoms with van der Waals surface area (Å²) in [6, 6.07) is 9.04. The second-order valence-electron chi connectivity index (χ2n) is 5.32. The van der Waals surface area contributed by atoms with E-state index in [-0.39, 0.29) is 17.3 Å². The van der Waals surface area contributed by atoms with Crippen LogP contribution in [0.15, 0.2) is 54.9 Å². The van der Waals surface area contributed by atoms with Crippen molar-refractivity contribution in [2.45, 2.75) is 13.2 Å². The molecule has 3 aromatic rings. The largest absolute Gasteiger partial charge is 0.433 e. The van der Waals surface area contributed by atoms with E-state index < -0.39 is 18.5 Å². The van der Waals surface area contributed by atoms with Crippen LogP contribution >= 0.6 is 0 Å². The number of hydrogen-bond acceptors (Lipinski definition) is 4. The SMILES string of the molecule is O=C(Nc1ccn(Cc2ccccn2)n1)Nc1cc(F)ccc1OC(F)F. The molecule has 0 saturated heterocycles. The first-order chi connectivity index (χ1) is 13.0. The van der Waals surface area contributed by atoms with Crippen LogP contribution < -0.4 is 15.4 Å². The molecule has 2 heterocycles. The number of carbonyl (C=O) groups excluding carboxylic acids is 1. The molecular weight excluding hydrogens is 363 g/mol. The third-order valence-electron chi connectivity index (χ3n) is 3.34. The van der Waals surface area contributed by atoms with Gasteiger partial charge >= 0.3 is 12.6 Å². The Bertz CT molecular complexity index is 918. The van der Waals surface area contributed by atoms with Crippen LogP contribution in [0.2, 0.25) is 0 Å². The van der Waals surface area contributed by atoms with Gasteiger partial charge in [-0.05, 0) is 24.3 Å². The molecule has 0 aliphatic heterocycles. The molecular formula is C17H14F3N5O2. The van der Waals surface area contributed by atoms with Gasteiger partial charge in [-0.1, -0.05) is 6.07 Å². The van der Waals surface area contributed by atoms with E-state index in [0.717, 1.165) is 23.9 Å². The van der Waals surface area contributed by atoms with Crippen molar-refractivity contribution in [2.75, 3.05) is 10.6 Å². The van der Waals surface area contributed by atoms with E-state index in [1.165, 1.54) is 0 Å². The first kappa shape index (κ1) is 18.2. The fourth-order valence-electron chi connectivity index (χ4n) is 2.24. The van der Waals surface area contributed by atoms with Crippen LogP contribution in [0.5, 0.6) is 5.75 Å². The molecule has 2 amide bonds. The van der Waals surface area contributed by atoms with Gasteiger partial charge in [0.05, 0.1) is 17.9 Å². The molecule has 0 radical (unpaired) electrons. The lowest BCUT2D eigenvalue weighted by atomic mass is 10.3. The van der Waals surface area contributed by atoms with E-state index >= 15 is 0 Å². The number of amides is 2. The van der Waals surface area contributed by atoms with Crippen molar-refractivity contribution in [3.63, 3.8) is 0 Å². The smallest absolute Gasteiger partial charge is 0.387 e. The Morgan fingerprint density at radius 2 is 2.04 bits per heavy atom. The maximum absolute atomic E-state index is 13.3. The van der Waals surface area contributed by atoms with Gasteiger partial charge in [-0.2, -0.15) is 13.9 Å². The number of hydrogen-bond donors (Lipinski definition) is 2. The number of carbonyl (C=O) groups is 1. The Morgan fingerprint density at radius 1 is 1.19 bits per heavy atom. The van der Waals surface area contributed by atoms with Gasteiger partial charge in [-0.15, -0.1) is 0 Å². The highest BCUT2D eigenvalue weighted by atomic mass is 19.3. The summed E-state index contributed by atoms with van der Waals surface area (Å²) in [6.45, 7) is -2.71. The van der Waals surface area contributed by atoms with Crippen molar-refractivity contribution in [1.82, 2.24) is 14.8 Å². The Labute approximate surface area is 151 Å². The van der Waals surface area contributed by atoms with Crippen LogP contribution in [0, 0.1) is 5.82 Å². The predicted octanol–water partition coefficient (Wildman–Crippen LogP) is 3.71. The van der Waals surface area contributed by atoms with Crippen molar-refractivity contribution in [1.29, 1.82) is 0 Å². The number of aromatic nitrogens is 3. The minimum absolute atomic E-state index is 0.219. The minimum atomic E-state index is -3.11. The third-order valence-corrected chi connectivity index (χ3v) is 3.34. The van der Waals surface area contributed by atoms with Crippen LogP contribution in [-0.2, 0) is 6.54 Å². The Kier molecular flexibility index (Phi) is 5.55. The highest BCUT2D eigenvalue weighted by Gasteiger charge is 2.14. The number of urea groups is 1. The zero-order valence-electron chi connectivity index (χ0n) is 13.8. The number of rotatable bonds is 6. The summed E-state index contributed by atoms with van der Waals surface area (Å²) in [5.74, 6) is -0.857. The van der Waals surface area contributed by atoms with E-state index in [2.05, 4.69) is 25.5 Å². The van der Waals surface area contributed by atoms with Gasteiger partial charge in [0.25, 0.3) is 0 Å². The normalized spacial score (nSPS) is 10.7. The molecule has 0 atom stereocenters. The Hall–Kier alpha value is -3.56. The van der Waals surface area contributed by atoms with E-state index in [4.69, 9.17) is 0 Å². The topological polar surface area (TPSA) is 81.1 Å². The zero-order valence-corrected chi connectivity index (χ0v) is 13.8. The summed E-state index contributed by atoms with van der Waals surface area (Å²) >= 11 is 0. The average molecular weight is 377 g/mol. The van der Waals surface area contributed by atoms with Crippen molar-refractivity contribution >= 4 is 17.5 Å². The van der Waals surface area contributed by atoms with Crippen molar-refractivity contribution in [3.8, 4) is 5.75 Å². The van der Waals surface area contributed by atoms with Crippen LogP contribution in [0.4, 0.5) is 29.5 Å². The molecule has 1 aromatic carbocycles. The molecule has 0 spiro atoms. The second kappa shape index (κ2) is 8.21. The molecule has 140 valence electrons. The minimum Gasteiger partial charge on any atom is -0.433 e. The van der Waals surface area contributed by atoms with Gasteiger partial charge in [-0.3, -0.25) is 15.0 Å². The lowest BCUT2D eigenvalue weighted by Crippen LogP contribution is -2.21. The van der Waals surface area contributed by atoms with Crippen LogP contribution in [0.3, 0.4) is 0 Å². The summed E-state index contributed by atoms with van der Waals surface area (Å²) in [5, 5.41) is 8.84. The average Bonchev–Trinajstić information content (AvgIpc) is 3.04. The molecule has 3 rings (SSSR count). The molecule has 0 unspecified atom stereocenters. The van der Waals surface area contributed by atoms with E-state index in [9.17, 15) is 18.0 Å². The molecule has 0 bridgehead atoms. The summed E-state index contributed by atoms with van der Waals surface area (Å²) in [5.41, 5.74) is 0.547. The summed E-state index contributed by atoms with van der Waals surface area (Å²) in [6.07, 6.45) is 3.29. The van der Waals surface area contributed by atoms with Gasteiger partial charge < -0.3 is 10.1 Å². The lowest BCUT2D eigenvalue weighted by molar-refractivity contribution is -0.0494. The van der Waals surface area contributed by atoms with E-state index in [1.807, 2.05) is 12.1 Å². The fourth-order valence-corrected chi connectivity index (χ4v) is 2.24. The summed E-state index contributed by atoms with van der Waals surface area (Å²) < 4.78 is 44.0. The quantitative estimate of drug-likeness (QED) is 0.686. The molecule has 2 aromatic heterocycles. The molecule has 2 N–H and O–H groups in total. The molecule has 0 fully saturated rings. The van der Waals surface area contributed by atoms with Gasteiger partial charge in [0.1, 0.15) is 11.6 Å². The number of nitrogens with zero attached hydrogens (tertiary/aromatic N) is 3. The predicted molar refractivity (Wildman–Crippen MR) is 91.2 cm³/mol. The molecule has 27 heavy (non-hydrogen) atoms. The number of pyridine rings is 1. The maximum atomic E-state index is 13.3. The zero-order chi connectivity index (χ0) is 19.2. The van der Waals surface area contributed by atoms with Crippen molar-refractivity contribution < 1.29 is 22.7 Å². The lowest BCUT2D eigenvalue weighted by Gasteiger charge is -2.12. The monoisotopic (exact) mass is 377 g/mol. The number of alkyl halides is 2. The Morgan fingerprint density at radius 3 is 2.78 bits per heavy atom. The third kappa shape index (κ3) is 5.21. The molecule has 0 saturated carbocycles. The van der Waals surface area contributed by atoms with Gasteiger partial charge in [0.15, 0.2) is 5.82 Å². The summed E-state index contributed by atoms with van der Waals surface area (Å²) in [7, 11) is 0. The standard InChI is InChI=1S/C17H14F3N5O2/c18-11-4-5-14(27-16(19)20)13(9-11)22-17(26)23-15-6-8-25(24-15)10-12-3-1-2-7-21-12/h1-9,16H,10H2,(H2,22,23,24,26).